The van der Waals surface area contributed by atoms with Crippen LogP contribution in [0.4, 0.5) is 24.7 Å². The van der Waals surface area contributed by atoms with Gasteiger partial charge in [0, 0.05) is 49.2 Å². The van der Waals surface area contributed by atoms with Crippen molar-refractivity contribution in [2.45, 2.75) is 12.7 Å². The lowest BCUT2D eigenvalue weighted by Crippen LogP contribution is -2.16. The van der Waals surface area contributed by atoms with Crippen LogP contribution in [0.5, 0.6) is 0 Å². The Labute approximate surface area is 159 Å². The van der Waals surface area contributed by atoms with Gasteiger partial charge in [0.2, 0.25) is 0 Å². The normalized spacial score (nSPS) is 11.5. The maximum atomic E-state index is 13.0. The third-order valence-electron chi connectivity index (χ3n) is 3.92. The van der Waals surface area contributed by atoms with Gasteiger partial charge < -0.3 is 10.2 Å². The molecular formula is C18H17ClF3N5. The number of nitrogens with one attached hydrogen (secondary N) is 2. The zero-order valence-corrected chi connectivity index (χ0v) is 15.4. The van der Waals surface area contributed by atoms with Crippen molar-refractivity contribution in [3.05, 3.63) is 58.9 Å². The highest BCUT2D eigenvalue weighted by atomic mass is 35.5. The molecule has 1 aromatic carbocycles. The monoisotopic (exact) mass is 395 g/mol. The fourth-order valence-corrected chi connectivity index (χ4v) is 2.72. The van der Waals surface area contributed by atoms with E-state index in [1.807, 2.05) is 12.1 Å². The summed E-state index contributed by atoms with van der Waals surface area (Å²) in [7, 11) is 3.44. The quantitative estimate of drug-likeness (QED) is 0.650. The van der Waals surface area contributed by atoms with Crippen molar-refractivity contribution in [1.82, 2.24) is 15.2 Å². The van der Waals surface area contributed by atoms with E-state index < -0.39 is 11.7 Å². The molecule has 2 heterocycles. The minimum absolute atomic E-state index is 0.276. The molecule has 2 N–H and O–H groups in total. The molecule has 0 spiro atoms. The van der Waals surface area contributed by atoms with Crippen LogP contribution in [0, 0.1) is 0 Å². The highest BCUT2D eigenvalue weighted by Gasteiger charge is 2.32. The highest BCUT2D eigenvalue weighted by Crippen LogP contribution is 2.34. The van der Waals surface area contributed by atoms with E-state index >= 15 is 0 Å². The van der Waals surface area contributed by atoms with Crippen LogP contribution in [-0.2, 0) is 12.7 Å². The van der Waals surface area contributed by atoms with E-state index in [9.17, 15) is 13.2 Å². The second-order valence-electron chi connectivity index (χ2n) is 6.11. The number of aromatic amines is 1. The Morgan fingerprint density at radius 2 is 1.89 bits per heavy atom. The fourth-order valence-electron chi connectivity index (χ4n) is 2.60. The summed E-state index contributed by atoms with van der Waals surface area (Å²) in [5, 5.41) is 10.7. The number of aromatic nitrogens is 3. The van der Waals surface area contributed by atoms with Crippen molar-refractivity contribution >= 4 is 23.1 Å². The number of hydrogen-bond acceptors (Lipinski definition) is 4. The van der Waals surface area contributed by atoms with E-state index in [2.05, 4.69) is 20.5 Å². The average Bonchev–Trinajstić information content (AvgIpc) is 3.08. The summed E-state index contributed by atoms with van der Waals surface area (Å²) in [4.78, 5) is 5.59. The molecule has 0 amide bonds. The molecule has 3 aromatic rings. The van der Waals surface area contributed by atoms with Crippen LogP contribution in [-0.4, -0.2) is 29.3 Å². The minimum atomic E-state index is -4.46. The largest absolute Gasteiger partial charge is 0.417 e. The van der Waals surface area contributed by atoms with E-state index in [-0.39, 0.29) is 12.2 Å². The van der Waals surface area contributed by atoms with Crippen LogP contribution >= 0.6 is 11.6 Å². The third-order valence-corrected chi connectivity index (χ3v) is 4.18. The van der Waals surface area contributed by atoms with Gasteiger partial charge in [-0.2, -0.15) is 18.3 Å². The zero-order chi connectivity index (χ0) is 19.6. The Balaban J connectivity index is 1.87. The lowest BCUT2D eigenvalue weighted by Gasteiger charge is -2.19. The number of hydrogen-bond donors (Lipinski definition) is 2. The fraction of sp³-hybridized carbons (Fsp3) is 0.222. The Bertz CT molecular complexity index is 919. The van der Waals surface area contributed by atoms with Crippen LogP contribution in [0.3, 0.4) is 0 Å². The molecule has 0 fully saturated rings. The molecule has 0 saturated heterocycles. The van der Waals surface area contributed by atoms with Gasteiger partial charge in [0.25, 0.3) is 0 Å². The standard InChI is InChI=1S/C18H17ClF3N5/c1-27(2)17-15(7-13(10-24-17)18(20,21)22)23-8-12-9-25-26-16(12)11-3-5-14(19)6-4-11/h3-7,9-10,23H,8H2,1-2H3,(H,25,26). The summed E-state index contributed by atoms with van der Waals surface area (Å²) in [6, 6.07) is 8.23. The van der Waals surface area contributed by atoms with Gasteiger partial charge in [0.05, 0.1) is 16.9 Å². The first kappa shape index (κ1) is 19.0. The van der Waals surface area contributed by atoms with Crippen LogP contribution in [0.1, 0.15) is 11.1 Å². The number of benzene rings is 1. The summed E-state index contributed by atoms with van der Waals surface area (Å²) in [6.07, 6.45) is -1.93. The Morgan fingerprint density at radius 3 is 2.52 bits per heavy atom. The van der Waals surface area contributed by atoms with Gasteiger partial charge >= 0.3 is 6.18 Å². The van der Waals surface area contributed by atoms with Gasteiger partial charge in [-0.3, -0.25) is 5.10 Å². The zero-order valence-electron chi connectivity index (χ0n) is 14.6. The van der Waals surface area contributed by atoms with Crippen LogP contribution in [0.25, 0.3) is 11.3 Å². The third kappa shape index (κ3) is 4.33. The van der Waals surface area contributed by atoms with Gasteiger partial charge in [0.15, 0.2) is 5.82 Å². The molecule has 0 saturated carbocycles. The Morgan fingerprint density at radius 1 is 1.19 bits per heavy atom. The van der Waals surface area contributed by atoms with E-state index in [0.29, 0.717) is 16.5 Å². The number of alkyl halides is 3. The van der Waals surface area contributed by atoms with Gasteiger partial charge in [0.1, 0.15) is 0 Å². The van der Waals surface area contributed by atoms with Crippen molar-refractivity contribution in [2.24, 2.45) is 0 Å². The molecule has 0 bridgehead atoms. The summed E-state index contributed by atoms with van der Waals surface area (Å²) in [6.45, 7) is 0.276. The topological polar surface area (TPSA) is 56.8 Å². The van der Waals surface area contributed by atoms with Gasteiger partial charge in [-0.15, -0.1) is 0 Å². The number of pyridine rings is 1. The second-order valence-corrected chi connectivity index (χ2v) is 6.54. The molecule has 142 valence electrons. The number of anilines is 2. The lowest BCUT2D eigenvalue weighted by atomic mass is 10.1. The molecule has 27 heavy (non-hydrogen) atoms. The molecule has 0 aliphatic heterocycles. The maximum absolute atomic E-state index is 13.0. The molecule has 2 aromatic heterocycles. The maximum Gasteiger partial charge on any atom is 0.417 e. The molecule has 9 heteroatoms. The van der Waals surface area contributed by atoms with Crippen LogP contribution in [0.2, 0.25) is 5.02 Å². The molecular weight excluding hydrogens is 379 g/mol. The first-order valence-corrected chi connectivity index (χ1v) is 8.40. The van der Waals surface area contributed by atoms with E-state index in [0.717, 1.165) is 23.4 Å². The summed E-state index contributed by atoms with van der Waals surface area (Å²) >= 11 is 5.91. The smallest absolute Gasteiger partial charge is 0.378 e. The lowest BCUT2D eigenvalue weighted by molar-refractivity contribution is -0.137. The first-order valence-electron chi connectivity index (χ1n) is 8.02. The van der Waals surface area contributed by atoms with Crippen molar-refractivity contribution in [1.29, 1.82) is 0 Å². The van der Waals surface area contributed by atoms with Crippen molar-refractivity contribution in [2.75, 3.05) is 24.3 Å². The van der Waals surface area contributed by atoms with Crippen LogP contribution < -0.4 is 10.2 Å². The Kier molecular flexibility index (Phi) is 5.27. The highest BCUT2D eigenvalue weighted by molar-refractivity contribution is 6.30. The van der Waals surface area contributed by atoms with Gasteiger partial charge in [-0.25, -0.2) is 4.98 Å². The van der Waals surface area contributed by atoms with Crippen LogP contribution in [0.15, 0.2) is 42.7 Å². The van der Waals surface area contributed by atoms with Gasteiger partial charge in [-0.05, 0) is 18.2 Å². The minimum Gasteiger partial charge on any atom is -0.378 e. The molecule has 5 nitrogen and oxygen atoms in total. The van der Waals surface area contributed by atoms with Gasteiger partial charge in [-0.1, -0.05) is 23.7 Å². The Hall–Kier alpha value is -2.74. The summed E-state index contributed by atoms with van der Waals surface area (Å²) in [5.74, 6) is 0.416. The SMILES string of the molecule is CN(C)c1ncc(C(F)(F)F)cc1NCc1c[nH]nc1-c1ccc(Cl)cc1. The molecule has 0 atom stereocenters. The van der Waals surface area contributed by atoms with Crippen molar-refractivity contribution in [3.8, 4) is 11.3 Å². The first-order chi connectivity index (χ1) is 12.8. The number of halogens is 4. The van der Waals surface area contributed by atoms with E-state index in [4.69, 9.17) is 11.6 Å². The second kappa shape index (κ2) is 7.48. The predicted molar refractivity (Wildman–Crippen MR) is 99.9 cm³/mol. The predicted octanol–water partition coefficient (Wildman–Crippen LogP) is 4.82. The van der Waals surface area contributed by atoms with Crippen molar-refractivity contribution in [3.63, 3.8) is 0 Å². The molecule has 0 aliphatic carbocycles. The van der Waals surface area contributed by atoms with E-state index in [1.165, 1.54) is 0 Å². The summed E-state index contributed by atoms with van der Waals surface area (Å²) < 4.78 is 39.1. The molecule has 3 rings (SSSR count). The van der Waals surface area contributed by atoms with Crippen molar-refractivity contribution < 1.29 is 13.2 Å². The number of H-pyrrole nitrogens is 1. The molecule has 0 radical (unpaired) electrons. The number of nitrogens with zero attached hydrogens (tertiary/aromatic N) is 3. The number of rotatable bonds is 5. The molecule has 0 aliphatic rings. The summed E-state index contributed by atoms with van der Waals surface area (Å²) in [5.41, 5.74) is 1.84. The molecule has 0 unspecified atom stereocenters. The van der Waals surface area contributed by atoms with E-state index in [1.54, 1.807) is 37.3 Å². The average molecular weight is 396 g/mol.